The van der Waals surface area contributed by atoms with Crippen LogP contribution in [0.4, 0.5) is 0 Å². The third-order valence-corrected chi connectivity index (χ3v) is 3.90. The van der Waals surface area contributed by atoms with E-state index in [1.165, 1.54) is 11.1 Å². The highest BCUT2D eigenvalue weighted by Crippen LogP contribution is 2.14. The number of rotatable bonds is 8. The first-order chi connectivity index (χ1) is 10.7. The van der Waals surface area contributed by atoms with Crippen molar-refractivity contribution in [2.24, 2.45) is 0 Å². The van der Waals surface area contributed by atoms with E-state index >= 15 is 0 Å². The highest BCUT2D eigenvalue weighted by atomic mass is 35.5. The number of ether oxygens (including phenoxy) is 1. The van der Waals surface area contributed by atoms with Gasteiger partial charge in [-0.1, -0.05) is 48.0 Å². The van der Waals surface area contributed by atoms with Crippen LogP contribution in [0.15, 0.2) is 54.6 Å². The molecular formula is C19H24ClNO. The summed E-state index contributed by atoms with van der Waals surface area (Å²) in [5.41, 5.74) is 2.54. The Kier molecular flexibility index (Phi) is 6.75. The molecule has 0 saturated carbocycles. The highest BCUT2D eigenvalue weighted by molar-refractivity contribution is 6.18. The zero-order valence-corrected chi connectivity index (χ0v) is 14.1. The average molecular weight is 318 g/mol. The fourth-order valence-electron chi connectivity index (χ4n) is 2.34. The zero-order chi connectivity index (χ0) is 15.8. The summed E-state index contributed by atoms with van der Waals surface area (Å²) in [6, 6.07) is 19.0. The Labute approximate surface area is 138 Å². The monoisotopic (exact) mass is 317 g/mol. The number of hydrogen-bond acceptors (Lipinski definition) is 2. The molecule has 0 bridgehead atoms. The molecule has 0 aliphatic carbocycles. The molecule has 0 N–H and O–H groups in total. The van der Waals surface area contributed by atoms with E-state index in [1.807, 2.05) is 18.2 Å². The van der Waals surface area contributed by atoms with Gasteiger partial charge in [-0.15, -0.1) is 11.6 Å². The third-order valence-electron chi connectivity index (χ3n) is 3.74. The highest BCUT2D eigenvalue weighted by Gasteiger charge is 2.14. The van der Waals surface area contributed by atoms with Gasteiger partial charge < -0.3 is 4.74 Å². The molecule has 1 atom stereocenters. The molecule has 0 radical (unpaired) electrons. The van der Waals surface area contributed by atoms with Crippen molar-refractivity contribution in [3.05, 3.63) is 65.7 Å². The van der Waals surface area contributed by atoms with Gasteiger partial charge in [0.05, 0.1) is 0 Å². The predicted octanol–water partition coefficient (Wildman–Crippen LogP) is 4.50. The minimum Gasteiger partial charge on any atom is -0.492 e. The smallest absolute Gasteiger partial charge is 0.119 e. The zero-order valence-electron chi connectivity index (χ0n) is 13.3. The van der Waals surface area contributed by atoms with Crippen LogP contribution in [0.25, 0.3) is 0 Å². The van der Waals surface area contributed by atoms with Crippen LogP contribution in [0.3, 0.4) is 0 Å². The van der Waals surface area contributed by atoms with E-state index in [2.05, 4.69) is 55.1 Å². The van der Waals surface area contributed by atoms with Gasteiger partial charge in [-0.2, -0.15) is 0 Å². The van der Waals surface area contributed by atoms with Crippen molar-refractivity contribution in [2.45, 2.75) is 26.4 Å². The molecule has 0 aliphatic rings. The molecule has 2 nitrogen and oxygen atoms in total. The molecule has 22 heavy (non-hydrogen) atoms. The molecule has 0 saturated heterocycles. The second-order valence-corrected chi connectivity index (χ2v) is 6.00. The molecular weight excluding hydrogens is 294 g/mol. The number of nitrogens with zero attached hydrogens (tertiary/aromatic N) is 1. The summed E-state index contributed by atoms with van der Waals surface area (Å²) in [6.45, 7) is 6.67. The number of aryl methyl sites for hydroxylation is 1. The first kappa shape index (κ1) is 16.9. The van der Waals surface area contributed by atoms with Gasteiger partial charge in [0.2, 0.25) is 0 Å². The van der Waals surface area contributed by atoms with Crippen LogP contribution in [0.2, 0.25) is 0 Å². The van der Waals surface area contributed by atoms with E-state index in [-0.39, 0.29) is 0 Å². The molecule has 0 aliphatic heterocycles. The molecule has 0 spiro atoms. The summed E-state index contributed by atoms with van der Waals surface area (Å²) in [6.07, 6.45) is 0. The molecule has 2 rings (SSSR count). The van der Waals surface area contributed by atoms with E-state index in [9.17, 15) is 0 Å². The summed E-state index contributed by atoms with van der Waals surface area (Å²) >= 11 is 5.96. The topological polar surface area (TPSA) is 12.5 Å². The van der Waals surface area contributed by atoms with E-state index < -0.39 is 0 Å². The first-order valence-electron chi connectivity index (χ1n) is 7.72. The number of hydrogen-bond donors (Lipinski definition) is 0. The second kappa shape index (κ2) is 8.82. The third kappa shape index (κ3) is 5.36. The second-order valence-electron chi connectivity index (χ2n) is 5.62. The lowest BCUT2D eigenvalue weighted by Gasteiger charge is -2.28. The molecule has 118 valence electrons. The van der Waals surface area contributed by atoms with Crippen molar-refractivity contribution in [1.82, 2.24) is 4.90 Å². The maximum Gasteiger partial charge on any atom is 0.119 e. The van der Waals surface area contributed by atoms with E-state index in [4.69, 9.17) is 16.3 Å². The fraction of sp³-hybridized carbons (Fsp3) is 0.368. The summed E-state index contributed by atoms with van der Waals surface area (Å²) < 4.78 is 5.90. The first-order valence-corrected chi connectivity index (χ1v) is 8.26. The lowest BCUT2D eigenvalue weighted by molar-refractivity contribution is 0.146. The van der Waals surface area contributed by atoms with Gasteiger partial charge in [-0.3, -0.25) is 4.90 Å². The molecule has 0 amide bonds. The lowest BCUT2D eigenvalue weighted by atomic mass is 10.2. The SMILES string of the molecule is Cc1ccc(OC[C@@H](C)N(CCCl)Cc2ccccc2)cc1. The maximum atomic E-state index is 5.96. The molecule has 3 heteroatoms. The standard InChI is InChI=1S/C19H24ClNO/c1-16-8-10-19(11-9-16)22-15-17(2)21(13-12-20)14-18-6-4-3-5-7-18/h3-11,17H,12-15H2,1-2H3/t17-/m1/s1. The molecule has 0 aromatic heterocycles. The van der Waals surface area contributed by atoms with Crippen molar-refractivity contribution in [3.8, 4) is 5.75 Å². The Balaban J connectivity index is 1.91. The number of halogens is 1. The predicted molar refractivity (Wildman–Crippen MR) is 93.7 cm³/mol. The van der Waals surface area contributed by atoms with E-state index in [0.29, 0.717) is 18.5 Å². The van der Waals surface area contributed by atoms with Gasteiger partial charge in [-0.25, -0.2) is 0 Å². The van der Waals surface area contributed by atoms with Crippen LogP contribution in [-0.2, 0) is 6.54 Å². The van der Waals surface area contributed by atoms with Crippen molar-refractivity contribution >= 4 is 11.6 Å². The fourth-order valence-corrected chi connectivity index (χ4v) is 2.56. The van der Waals surface area contributed by atoms with Gasteiger partial charge in [0.1, 0.15) is 12.4 Å². The number of alkyl halides is 1. The maximum absolute atomic E-state index is 5.96. The normalized spacial score (nSPS) is 12.4. The van der Waals surface area contributed by atoms with Crippen LogP contribution in [0, 0.1) is 6.92 Å². The minimum absolute atomic E-state index is 0.306. The van der Waals surface area contributed by atoms with Crippen molar-refractivity contribution in [2.75, 3.05) is 19.0 Å². The molecule has 0 fully saturated rings. The van der Waals surface area contributed by atoms with Crippen LogP contribution < -0.4 is 4.74 Å². The van der Waals surface area contributed by atoms with Crippen LogP contribution >= 0.6 is 11.6 Å². The van der Waals surface area contributed by atoms with Crippen molar-refractivity contribution < 1.29 is 4.74 Å². The van der Waals surface area contributed by atoms with Crippen molar-refractivity contribution in [1.29, 1.82) is 0 Å². The van der Waals surface area contributed by atoms with Gasteiger partial charge in [0.25, 0.3) is 0 Å². The molecule has 2 aromatic rings. The largest absolute Gasteiger partial charge is 0.492 e. The minimum atomic E-state index is 0.306. The average Bonchev–Trinajstić information content (AvgIpc) is 2.54. The van der Waals surface area contributed by atoms with Crippen LogP contribution in [0.1, 0.15) is 18.1 Å². The lowest BCUT2D eigenvalue weighted by Crippen LogP contribution is -2.38. The molecule has 2 aromatic carbocycles. The van der Waals surface area contributed by atoms with Gasteiger partial charge in [0, 0.05) is 25.0 Å². The Morgan fingerprint density at radius 1 is 1.05 bits per heavy atom. The van der Waals surface area contributed by atoms with E-state index in [0.717, 1.165) is 18.8 Å². The Morgan fingerprint density at radius 3 is 2.36 bits per heavy atom. The molecule has 0 unspecified atom stereocenters. The summed E-state index contributed by atoms with van der Waals surface area (Å²) in [7, 11) is 0. The van der Waals surface area contributed by atoms with Crippen LogP contribution in [-0.4, -0.2) is 30.0 Å². The Morgan fingerprint density at radius 2 is 1.73 bits per heavy atom. The van der Waals surface area contributed by atoms with Crippen LogP contribution in [0.5, 0.6) is 5.75 Å². The summed E-state index contributed by atoms with van der Waals surface area (Å²) in [4.78, 5) is 2.36. The van der Waals surface area contributed by atoms with Gasteiger partial charge >= 0.3 is 0 Å². The Bertz CT molecular complexity index is 541. The van der Waals surface area contributed by atoms with E-state index in [1.54, 1.807) is 0 Å². The van der Waals surface area contributed by atoms with Crippen molar-refractivity contribution in [3.63, 3.8) is 0 Å². The van der Waals surface area contributed by atoms with Gasteiger partial charge in [-0.05, 0) is 31.5 Å². The Hall–Kier alpha value is -1.51. The summed E-state index contributed by atoms with van der Waals surface area (Å²) in [5, 5.41) is 0. The summed E-state index contributed by atoms with van der Waals surface area (Å²) in [5.74, 6) is 1.55. The molecule has 0 heterocycles. The quantitative estimate of drug-likeness (QED) is 0.664. The van der Waals surface area contributed by atoms with Gasteiger partial charge in [0.15, 0.2) is 0 Å². The number of benzene rings is 2.